The molecular formula is C29H26ClF2N3O6S2. The topological polar surface area (TPSA) is 125 Å². The standard InChI is InChI=1S/C29H26ClF2N3O6S2/c1-29(2,3)41-28(38)33-17-13-35(14-17)27(37)16-8-19(30)26(36)25(10-16)43(39,40)34-22-11-18(20(31)12-21(22)32)24-9-15-6-4-5-7-23(15)42-24/h4-12,17,34,36H,13-14H2,1-3H3,(H,33,38). The van der Waals surface area contributed by atoms with Crippen LogP contribution in [-0.4, -0.2) is 55.2 Å². The van der Waals surface area contributed by atoms with E-state index in [9.17, 15) is 31.9 Å². The summed E-state index contributed by atoms with van der Waals surface area (Å²) in [5.41, 5.74) is -1.46. The highest BCUT2D eigenvalue weighted by Crippen LogP contribution is 2.38. The lowest BCUT2D eigenvalue weighted by Gasteiger charge is -2.39. The molecule has 0 saturated carbocycles. The molecular weight excluding hydrogens is 624 g/mol. The summed E-state index contributed by atoms with van der Waals surface area (Å²) in [5, 5.41) is 13.5. The van der Waals surface area contributed by atoms with Crippen LogP contribution in [0.25, 0.3) is 20.5 Å². The van der Waals surface area contributed by atoms with Crippen molar-refractivity contribution in [1.29, 1.82) is 0 Å². The van der Waals surface area contributed by atoms with E-state index in [-0.39, 0.29) is 30.3 Å². The van der Waals surface area contributed by atoms with Gasteiger partial charge in [-0.3, -0.25) is 9.52 Å². The Balaban J connectivity index is 1.37. The van der Waals surface area contributed by atoms with Crippen LogP contribution in [0.2, 0.25) is 5.02 Å². The van der Waals surface area contributed by atoms with Crippen LogP contribution in [0.3, 0.4) is 0 Å². The van der Waals surface area contributed by atoms with Crippen molar-refractivity contribution in [3.63, 3.8) is 0 Å². The lowest BCUT2D eigenvalue weighted by atomic mass is 10.1. The van der Waals surface area contributed by atoms with Gasteiger partial charge in [0.05, 0.1) is 16.8 Å². The van der Waals surface area contributed by atoms with Gasteiger partial charge in [0.25, 0.3) is 15.9 Å². The number of carbonyl (C=O) groups excluding carboxylic acids is 2. The number of benzene rings is 3. The Morgan fingerprint density at radius 1 is 1.07 bits per heavy atom. The number of hydrogen-bond donors (Lipinski definition) is 3. The van der Waals surface area contributed by atoms with Gasteiger partial charge >= 0.3 is 6.09 Å². The Morgan fingerprint density at radius 2 is 1.77 bits per heavy atom. The Labute approximate surface area is 255 Å². The summed E-state index contributed by atoms with van der Waals surface area (Å²) in [6, 6.07) is 12.2. The highest BCUT2D eigenvalue weighted by atomic mass is 35.5. The monoisotopic (exact) mass is 649 g/mol. The number of nitrogens with zero attached hydrogens (tertiary/aromatic N) is 1. The van der Waals surface area contributed by atoms with Gasteiger partial charge < -0.3 is 20.1 Å². The maximum Gasteiger partial charge on any atom is 0.407 e. The van der Waals surface area contributed by atoms with E-state index in [1.54, 1.807) is 26.8 Å². The minimum atomic E-state index is -4.73. The number of aromatic hydroxyl groups is 1. The van der Waals surface area contributed by atoms with Gasteiger partial charge in [-0.25, -0.2) is 22.0 Å². The molecule has 3 N–H and O–H groups in total. The van der Waals surface area contributed by atoms with E-state index in [4.69, 9.17) is 16.3 Å². The predicted octanol–water partition coefficient (Wildman–Crippen LogP) is 6.36. The maximum atomic E-state index is 14.8. The number of amides is 2. The summed E-state index contributed by atoms with van der Waals surface area (Å²) in [6.45, 7) is 5.39. The number of alkyl carbamates (subject to hydrolysis) is 1. The second kappa shape index (κ2) is 11.3. The number of carbonyl (C=O) groups is 2. The second-order valence-electron chi connectivity index (χ2n) is 10.9. The average molecular weight is 650 g/mol. The minimum Gasteiger partial charge on any atom is -0.505 e. The van der Waals surface area contributed by atoms with Gasteiger partial charge in [0.1, 0.15) is 22.1 Å². The van der Waals surface area contributed by atoms with E-state index in [2.05, 4.69) is 5.32 Å². The van der Waals surface area contributed by atoms with Crippen molar-refractivity contribution in [1.82, 2.24) is 10.2 Å². The number of phenolic OH excluding ortho intramolecular Hbond substituents is 1. The van der Waals surface area contributed by atoms with Crippen LogP contribution in [0.1, 0.15) is 31.1 Å². The molecule has 9 nitrogen and oxygen atoms in total. The number of sulfonamides is 1. The van der Waals surface area contributed by atoms with Crippen LogP contribution in [0, 0.1) is 11.6 Å². The molecule has 1 saturated heterocycles. The zero-order valence-corrected chi connectivity index (χ0v) is 25.5. The molecule has 0 aliphatic carbocycles. The number of phenols is 1. The number of halogens is 3. The fourth-order valence-corrected chi connectivity index (χ4v) is 6.98. The first-order chi connectivity index (χ1) is 20.1. The van der Waals surface area contributed by atoms with E-state index in [1.165, 1.54) is 16.2 Å². The molecule has 1 aliphatic heterocycles. The number of rotatable bonds is 6. The smallest absolute Gasteiger partial charge is 0.407 e. The molecule has 5 rings (SSSR count). The van der Waals surface area contributed by atoms with Crippen molar-refractivity contribution >= 4 is 60.7 Å². The molecule has 4 aromatic rings. The van der Waals surface area contributed by atoms with Gasteiger partial charge in [-0.15, -0.1) is 11.3 Å². The quantitative estimate of drug-likeness (QED) is 0.223. The molecule has 0 unspecified atom stereocenters. The molecule has 43 heavy (non-hydrogen) atoms. The molecule has 1 aromatic heterocycles. The number of ether oxygens (including phenoxy) is 1. The van der Waals surface area contributed by atoms with Crippen molar-refractivity contribution in [2.75, 3.05) is 17.8 Å². The van der Waals surface area contributed by atoms with Gasteiger partial charge in [-0.05, 0) is 56.5 Å². The molecule has 226 valence electrons. The Kier molecular flexibility index (Phi) is 8.01. The van der Waals surface area contributed by atoms with Crippen LogP contribution in [-0.2, 0) is 14.8 Å². The van der Waals surface area contributed by atoms with E-state index in [1.807, 2.05) is 29.0 Å². The maximum absolute atomic E-state index is 14.8. The van der Waals surface area contributed by atoms with Crippen LogP contribution in [0.15, 0.2) is 59.5 Å². The van der Waals surface area contributed by atoms with Crippen LogP contribution in [0.4, 0.5) is 19.3 Å². The lowest BCUT2D eigenvalue weighted by molar-refractivity contribution is 0.0359. The Bertz CT molecular complexity index is 1840. The van der Waals surface area contributed by atoms with Crippen LogP contribution < -0.4 is 10.0 Å². The predicted molar refractivity (Wildman–Crippen MR) is 160 cm³/mol. The van der Waals surface area contributed by atoms with Gasteiger partial charge in [0, 0.05) is 39.9 Å². The first kappa shape index (κ1) is 30.5. The average Bonchev–Trinajstić information content (AvgIpc) is 3.31. The first-order valence-electron chi connectivity index (χ1n) is 12.9. The zero-order valence-electron chi connectivity index (χ0n) is 23.1. The fourth-order valence-electron chi connectivity index (χ4n) is 4.43. The molecule has 3 aromatic carbocycles. The summed E-state index contributed by atoms with van der Waals surface area (Å²) in [5.74, 6) is -3.54. The third-order valence-corrected chi connectivity index (χ3v) is 9.26. The molecule has 14 heteroatoms. The summed E-state index contributed by atoms with van der Waals surface area (Å²) < 4.78 is 64.4. The van der Waals surface area contributed by atoms with Crippen molar-refractivity contribution in [3.05, 3.63) is 76.8 Å². The van der Waals surface area contributed by atoms with Crippen LogP contribution in [0.5, 0.6) is 5.75 Å². The number of thiophene rings is 1. The lowest BCUT2D eigenvalue weighted by Crippen LogP contribution is -2.61. The number of likely N-dealkylation sites (tertiary alicyclic amines) is 1. The van der Waals surface area contributed by atoms with E-state index in [0.717, 1.165) is 28.3 Å². The highest BCUT2D eigenvalue weighted by molar-refractivity contribution is 7.92. The zero-order chi connectivity index (χ0) is 31.3. The third-order valence-electron chi connectivity index (χ3n) is 6.45. The van der Waals surface area contributed by atoms with Crippen molar-refractivity contribution < 1.29 is 36.6 Å². The molecule has 0 atom stereocenters. The normalized spacial score (nSPS) is 14.0. The number of anilines is 1. The van der Waals surface area contributed by atoms with E-state index in [0.29, 0.717) is 10.9 Å². The van der Waals surface area contributed by atoms with Gasteiger partial charge in [0.15, 0.2) is 5.75 Å². The summed E-state index contributed by atoms with van der Waals surface area (Å²) >= 11 is 7.33. The molecule has 0 radical (unpaired) electrons. The van der Waals surface area contributed by atoms with Crippen molar-refractivity contribution in [2.45, 2.75) is 37.3 Å². The largest absolute Gasteiger partial charge is 0.505 e. The molecule has 1 aliphatic rings. The Hall–Kier alpha value is -3.94. The highest BCUT2D eigenvalue weighted by Gasteiger charge is 2.35. The molecule has 1 fully saturated rings. The van der Waals surface area contributed by atoms with Crippen molar-refractivity contribution in [3.8, 4) is 16.2 Å². The molecule has 2 amide bonds. The molecule has 2 heterocycles. The number of fused-ring (bicyclic) bond motifs is 1. The van der Waals surface area contributed by atoms with E-state index < -0.39 is 60.6 Å². The number of nitrogens with one attached hydrogen (secondary N) is 2. The van der Waals surface area contributed by atoms with Crippen molar-refractivity contribution in [2.24, 2.45) is 0 Å². The molecule has 0 spiro atoms. The van der Waals surface area contributed by atoms with Gasteiger partial charge in [0.2, 0.25) is 0 Å². The van der Waals surface area contributed by atoms with Crippen LogP contribution >= 0.6 is 22.9 Å². The summed E-state index contributed by atoms with van der Waals surface area (Å²) in [6.07, 6.45) is -0.639. The van der Waals surface area contributed by atoms with Gasteiger partial charge in [-0.1, -0.05) is 29.8 Å². The molecule has 0 bridgehead atoms. The minimum absolute atomic E-state index is 0.0289. The van der Waals surface area contributed by atoms with Gasteiger partial charge in [-0.2, -0.15) is 0 Å². The Morgan fingerprint density at radius 3 is 2.44 bits per heavy atom. The third kappa shape index (κ3) is 6.53. The summed E-state index contributed by atoms with van der Waals surface area (Å²) in [4.78, 5) is 26.1. The fraction of sp³-hybridized carbons (Fsp3) is 0.241. The SMILES string of the molecule is CC(C)(C)OC(=O)NC1CN(C(=O)c2cc(Cl)c(O)c(S(=O)(=O)Nc3cc(-c4cc5ccccc5s4)c(F)cc3F)c2)C1. The number of hydrogen-bond acceptors (Lipinski definition) is 7. The van der Waals surface area contributed by atoms with E-state index >= 15 is 0 Å². The second-order valence-corrected chi connectivity index (χ2v) is 14.1. The summed E-state index contributed by atoms with van der Waals surface area (Å²) in [7, 11) is -4.73. The first-order valence-corrected chi connectivity index (χ1v) is 15.6.